The van der Waals surface area contributed by atoms with Crippen LogP contribution in [0.1, 0.15) is 24.1 Å². The van der Waals surface area contributed by atoms with Crippen molar-refractivity contribution < 1.29 is 14.3 Å². The molecule has 0 aliphatic carbocycles. The number of H-pyrrole nitrogens is 1. The van der Waals surface area contributed by atoms with Crippen molar-refractivity contribution in [2.45, 2.75) is 12.8 Å². The third-order valence-electron chi connectivity index (χ3n) is 5.37. The number of ether oxygens (including phenoxy) is 2. The number of nitrogens with one attached hydrogen (secondary N) is 1. The van der Waals surface area contributed by atoms with E-state index < -0.39 is 0 Å². The van der Waals surface area contributed by atoms with E-state index >= 15 is 0 Å². The van der Waals surface area contributed by atoms with Crippen LogP contribution in [0.3, 0.4) is 0 Å². The fourth-order valence-corrected chi connectivity index (χ4v) is 3.95. The monoisotopic (exact) mass is 369 g/mol. The van der Waals surface area contributed by atoms with E-state index in [1.807, 2.05) is 19.1 Å². The van der Waals surface area contributed by atoms with Gasteiger partial charge in [-0.05, 0) is 19.1 Å². The minimum absolute atomic E-state index is 0.149. The van der Waals surface area contributed by atoms with Gasteiger partial charge in [0.15, 0.2) is 0 Å². The summed E-state index contributed by atoms with van der Waals surface area (Å²) in [6, 6.07) is 8.16. The highest BCUT2D eigenvalue weighted by Crippen LogP contribution is 2.34. The van der Waals surface area contributed by atoms with Crippen LogP contribution in [0.2, 0.25) is 0 Å². The highest BCUT2D eigenvalue weighted by atomic mass is 16.5. The highest BCUT2D eigenvalue weighted by Gasteiger charge is 2.30. The molecule has 0 radical (unpaired) electrons. The van der Waals surface area contributed by atoms with Crippen LogP contribution in [0, 0.1) is 0 Å². The van der Waals surface area contributed by atoms with Crippen molar-refractivity contribution >= 4 is 22.9 Å². The molecule has 1 unspecified atom stereocenters. The number of nitrogens with zero attached hydrogens (tertiary/aromatic N) is 2. The second-order valence-electron chi connectivity index (χ2n) is 7.07. The number of benzene rings is 1. The minimum atomic E-state index is -0.296. The zero-order valence-electron chi connectivity index (χ0n) is 15.8. The first kappa shape index (κ1) is 18.1. The number of hydrogen-bond donors (Lipinski definition) is 1. The third kappa shape index (κ3) is 3.87. The Labute approximate surface area is 159 Å². The number of morpholine rings is 1. The molecule has 1 aromatic heterocycles. The molecule has 2 aliphatic heterocycles. The predicted octanol–water partition coefficient (Wildman–Crippen LogP) is 2.43. The summed E-state index contributed by atoms with van der Waals surface area (Å²) in [5.41, 5.74) is 3.11. The Kier molecular flexibility index (Phi) is 5.45. The summed E-state index contributed by atoms with van der Waals surface area (Å²) in [7, 11) is 0. The summed E-state index contributed by atoms with van der Waals surface area (Å²) in [5, 5.41) is 1.10. The van der Waals surface area contributed by atoms with Gasteiger partial charge in [0.25, 0.3) is 0 Å². The minimum Gasteiger partial charge on any atom is -0.465 e. The van der Waals surface area contributed by atoms with E-state index in [0.29, 0.717) is 13.2 Å². The molecule has 3 heterocycles. The van der Waals surface area contributed by atoms with Gasteiger partial charge in [-0.3, -0.25) is 9.69 Å². The zero-order valence-corrected chi connectivity index (χ0v) is 15.8. The van der Waals surface area contributed by atoms with E-state index in [2.05, 4.69) is 39.2 Å². The van der Waals surface area contributed by atoms with Crippen LogP contribution in [-0.4, -0.2) is 73.3 Å². The second-order valence-corrected chi connectivity index (χ2v) is 7.07. The molecule has 4 rings (SSSR count). The van der Waals surface area contributed by atoms with Gasteiger partial charge >= 0.3 is 5.97 Å². The fourth-order valence-electron chi connectivity index (χ4n) is 3.95. The molecule has 0 amide bonds. The van der Waals surface area contributed by atoms with Gasteiger partial charge < -0.3 is 19.4 Å². The lowest BCUT2D eigenvalue weighted by atomic mass is 9.96. The zero-order chi connectivity index (χ0) is 18.6. The van der Waals surface area contributed by atoms with E-state index in [1.54, 1.807) is 0 Å². The normalized spacial score (nSPS) is 20.5. The van der Waals surface area contributed by atoms with Crippen molar-refractivity contribution in [1.82, 2.24) is 14.8 Å². The average Bonchev–Trinajstić information content (AvgIpc) is 2.96. The summed E-state index contributed by atoms with van der Waals surface area (Å²) >= 11 is 0. The van der Waals surface area contributed by atoms with Crippen LogP contribution in [0.4, 0.5) is 0 Å². The number of carbonyl (C=O) groups is 1. The van der Waals surface area contributed by atoms with Gasteiger partial charge in [0, 0.05) is 61.1 Å². The molecule has 0 saturated carbocycles. The van der Waals surface area contributed by atoms with Crippen molar-refractivity contribution in [3.05, 3.63) is 41.7 Å². The van der Waals surface area contributed by atoms with E-state index in [4.69, 9.17) is 9.47 Å². The van der Waals surface area contributed by atoms with Gasteiger partial charge in [-0.2, -0.15) is 0 Å². The smallest absolute Gasteiger partial charge is 0.315 e. The molecule has 6 heteroatoms. The fraction of sp³-hybridized carbons (Fsp3) is 0.476. The Hall–Kier alpha value is -2.31. The van der Waals surface area contributed by atoms with Gasteiger partial charge in [-0.25, -0.2) is 0 Å². The van der Waals surface area contributed by atoms with Crippen LogP contribution >= 0.6 is 0 Å². The second kappa shape index (κ2) is 8.15. The molecule has 1 fully saturated rings. The molecule has 0 bridgehead atoms. The maximum absolute atomic E-state index is 12.8. The molecule has 1 aromatic carbocycles. The Bertz CT molecular complexity index is 823. The molecule has 144 valence electrons. The topological polar surface area (TPSA) is 57.8 Å². The molecular weight excluding hydrogens is 342 g/mol. The largest absolute Gasteiger partial charge is 0.465 e. The molecule has 2 aliphatic rings. The van der Waals surface area contributed by atoms with Crippen LogP contribution in [-0.2, 0) is 14.3 Å². The molecule has 0 spiro atoms. The number of hydrogen-bond acceptors (Lipinski definition) is 5. The lowest BCUT2D eigenvalue weighted by molar-refractivity contribution is -0.145. The van der Waals surface area contributed by atoms with E-state index in [0.717, 1.165) is 61.6 Å². The maximum Gasteiger partial charge on any atom is 0.315 e. The quantitative estimate of drug-likeness (QED) is 0.821. The lowest BCUT2D eigenvalue weighted by Gasteiger charge is -2.30. The third-order valence-corrected chi connectivity index (χ3v) is 5.37. The Balaban J connectivity index is 1.58. The first-order valence-electron chi connectivity index (χ1n) is 9.76. The molecule has 6 nitrogen and oxygen atoms in total. The molecule has 1 atom stereocenters. The summed E-state index contributed by atoms with van der Waals surface area (Å²) in [5.74, 6) is -0.445. The van der Waals surface area contributed by atoms with Gasteiger partial charge in [-0.1, -0.05) is 18.2 Å². The number of esters is 1. The average molecular weight is 369 g/mol. The molecule has 27 heavy (non-hydrogen) atoms. The van der Waals surface area contributed by atoms with E-state index in [9.17, 15) is 4.79 Å². The van der Waals surface area contributed by atoms with Gasteiger partial charge in [0.05, 0.1) is 19.8 Å². The predicted molar refractivity (Wildman–Crippen MR) is 106 cm³/mol. The molecule has 2 aromatic rings. The molecular formula is C21H27N3O3. The standard InChI is InChI=1S/C21H27N3O3/c1-2-27-21(25)17-15-24(10-9-23-11-13-26-14-12-23)8-7-19-20(17)16-5-3-4-6-18(16)22-19/h3-8,17,22H,2,9-15H2,1H3. The van der Waals surface area contributed by atoms with Gasteiger partial charge in [-0.15, -0.1) is 0 Å². The Morgan fingerprint density at radius 2 is 2.07 bits per heavy atom. The summed E-state index contributed by atoms with van der Waals surface area (Å²) < 4.78 is 10.8. The lowest BCUT2D eigenvalue weighted by Crippen LogP contribution is -2.41. The van der Waals surface area contributed by atoms with Gasteiger partial charge in [0.1, 0.15) is 5.92 Å². The Morgan fingerprint density at radius 1 is 1.26 bits per heavy atom. The summed E-state index contributed by atoms with van der Waals surface area (Å²) in [6.07, 6.45) is 4.20. The van der Waals surface area contributed by atoms with Gasteiger partial charge in [0.2, 0.25) is 0 Å². The van der Waals surface area contributed by atoms with Crippen LogP contribution < -0.4 is 0 Å². The summed E-state index contributed by atoms with van der Waals surface area (Å²) in [6.45, 7) is 8.30. The number of rotatable bonds is 5. The number of aromatic amines is 1. The number of carbonyl (C=O) groups excluding carboxylic acids is 1. The van der Waals surface area contributed by atoms with Crippen molar-refractivity contribution in [1.29, 1.82) is 0 Å². The van der Waals surface area contributed by atoms with Crippen molar-refractivity contribution in [3.8, 4) is 0 Å². The van der Waals surface area contributed by atoms with E-state index in [1.165, 1.54) is 0 Å². The molecule has 1 saturated heterocycles. The Morgan fingerprint density at radius 3 is 2.89 bits per heavy atom. The first-order chi connectivity index (χ1) is 13.3. The van der Waals surface area contributed by atoms with Crippen molar-refractivity contribution in [2.75, 3.05) is 52.5 Å². The van der Waals surface area contributed by atoms with Crippen molar-refractivity contribution in [2.24, 2.45) is 0 Å². The van der Waals surface area contributed by atoms with Crippen molar-refractivity contribution in [3.63, 3.8) is 0 Å². The summed E-state index contributed by atoms with van der Waals surface area (Å²) in [4.78, 5) is 20.9. The van der Waals surface area contributed by atoms with Crippen LogP contribution in [0.5, 0.6) is 0 Å². The highest BCUT2D eigenvalue weighted by molar-refractivity contribution is 5.93. The number of aromatic nitrogens is 1. The number of fused-ring (bicyclic) bond motifs is 3. The van der Waals surface area contributed by atoms with Crippen LogP contribution in [0.15, 0.2) is 30.5 Å². The molecule has 1 N–H and O–H groups in total. The number of para-hydroxylation sites is 1. The maximum atomic E-state index is 12.8. The van der Waals surface area contributed by atoms with E-state index in [-0.39, 0.29) is 11.9 Å². The van der Waals surface area contributed by atoms with Crippen LogP contribution in [0.25, 0.3) is 17.0 Å². The SMILES string of the molecule is CCOC(=O)C1CN(CCN2CCOCC2)C=Cc2[nH]c3ccccc3c21. The first-order valence-corrected chi connectivity index (χ1v) is 9.76.